The summed E-state index contributed by atoms with van der Waals surface area (Å²) < 4.78 is 0. The molecule has 2 aromatic rings. The van der Waals surface area contributed by atoms with E-state index in [4.69, 9.17) is 0 Å². The first kappa shape index (κ1) is 14.3. The molecule has 2 aromatic carbocycles. The zero-order valence-electron chi connectivity index (χ0n) is 11.5. The second-order valence-electron chi connectivity index (χ2n) is 4.72. The van der Waals surface area contributed by atoms with Gasteiger partial charge < -0.3 is 5.11 Å². The van der Waals surface area contributed by atoms with E-state index in [1.807, 2.05) is 60.7 Å². The average Bonchev–Trinajstić information content (AvgIpc) is 2.50. The van der Waals surface area contributed by atoms with Crippen molar-refractivity contribution in [3.05, 3.63) is 71.8 Å². The van der Waals surface area contributed by atoms with Crippen LogP contribution in [0.1, 0.15) is 36.6 Å². The van der Waals surface area contributed by atoms with Gasteiger partial charge in [-0.05, 0) is 17.5 Å². The first-order valence-electron chi connectivity index (χ1n) is 6.81. The van der Waals surface area contributed by atoms with Crippen LogP contribution < -0.4 is 5.32 Å². The molecule has 0 bridgehead atoms. The van der Waals surface area contributed by atoms with Gasteiger partial charge >= 0.3 is 5.97 Å². The van der Waals surface area contributed by atoms with E-state index in [9.17, 15) is 9.90 Å². The van der Waals surface area contributed by atoms with Crippen LogP contribution in [0.4, 0.5) is 0 Å². The quantitative estimate of drug-likeness (QED) is 0.843. The second kappa shape index (κ2) is 6.87. The first-order chi connectivity index (χ1) is 9.72. The smallest absolute Gasteiger partial charge is 0.325 e. The highest BCUT2D eigenvalue weighted by atomic mass is 16.4. The number of carbonyl (C=O) groups is 1. The summed E-state index contributed by atoms with van der Waals surface area (Å²) in [5.41, 5.74) is 1.88. The molecule has 0 amide bonds. The molecule has 0 aliphatic carbocycles. The van der Waals surface area contributed by atoms with Crippen LogP contribution in [0, 0.1) is 0 Å². The van der Waals surface area contributed by atoms with Gasteiger partial charge in [-0.3, -0.25) is 10.1 Å². The fraction of sp³-hybridized carbons (Fsp3) is 0.235. The number of hydrogen-bond acceptors (Lipinski definition) is 2. The van der Waals surface area contributed by atoms with Crippen molar-refractivity contribution in [3.8, 4) is 0 Å². The molecular formula is C17H19NO2. The van der Waals surface area contributed by atoms with Crippen molar-refractivity contribution >= 4 is 5.97 Å². The largest absolute Gasteiger partial charge is 0.480 e. The summed E-state index contributed by atoms with van der Waals surface area (Å²) in [5, 5.41) is 12.7. The van der Waals surface area contributed by atoms with Crippen LogP contribution in [0.3, 0.4) is 0 Å². The van der Waals surface area contributed by atoms with Crippen molar-refractivity contribution in [1.29, 1.82) is 0 Å². The molecule has 3 heteroatoms. The number of carboxylic acids is 1. The van der Waals surface area contributed by atoms with Crippen LogP contribution in [0.2, 0.25) is 0 Å². The first-order valence-corrected chi connectivity index (χ1v) is 6.81. The SMILES string of the molecule is CCC(NC(C(=O)O)c1ccccc1)c1ccccc1. The molecule has 20 heavy (non-hydrogen) atoms. The maximum absolute atomic E-state index is 11.5. The standard InChI is InChI=1S/C17H19NO2/c1-2-15(13-9-5-3-6-10-13)18-16(17(19)20)14-11-7-4-8-12-14/h3-12,15-16,18H,2H2,1H3,(H,19,20). The maximum Gasteiger partial charge on any atom is 0.325 e. The van der Waals surface area contributed by atoms with Gasteiger partial charge in [-0.25, -0.2) is 0 Å². The molecule has 2 unspecified atom stereocenters. The lowest BCUT2D eigenvalue weighted by Crippen LogP contribution is -2.31. The van der Waals surface area contributed by atoms with E-state index in [2.05, 4.69) is 12.2 Å². The number of benzene rings is 2. The topological polar surface area (TPSA) is 49.3 Å². The Morgan fingerprint density at radius 3 is 1.95 bits per heavy atom. The van der Waals surface area contributed by atoms with Gasteiger partial charge in [0, 0.05) is 6.04 Å². The molecule has 0 heterocycles. The van der Waals surface area contributed by atoms with Crippen LogP contribution in [0.5, 0.6) is 0 Å². The molecule has 0 fully saturated rings. The fourth-order valence-corrected chi connectivity index (χ4v) is 2.29. The molecule has 0 radical (unpaired) electrons. The van der Waals surface area contributed by atoms with Crippen LogP contribution in [0.25, 0.3) is 0 Å². The third kappa shape index (κ3) is 3.45. The van der Waals surface area contributed by atoms with E-state index >= 15 is 0 Å². The van der Waals surface area contributed by atoms with Crippen molar-refractivity contribution in [2.75, 3.05) is 0 Å². The Kier molecular flexibility index (Phi) is 4.91. The predicted octanol–water partition coefficient (Wildman–Crippen LogP) is 3.55. The monoisotopic (exact) mass is 269 g/mol. The van der Waals surface area contributed by atoms with Gasteiger partial charge in [0.2, 0.25) is 0 Å². The minimum atomic E-state index is -0.856. The Balaban J connectivity index is 2.21. The summed E-state index contributed by atoms with van der Waals surface area (Å²) in [6.07, 6.45) is 0.834. The fourth-order valence-electron chi connectivity index (χ4n) is 2.29. The zero-order valence-corrected chi connectivity index (χ0v) is 11.5. The Bertz CT molecular complexity index is 539. The summed E-state index contributed by atoms with van der Waals surface area (Å²) in [7, 11) is 0. The second-order valence-corrected chi connectivity index (χ2v) is 4.72. The van der Waals surface area contributed by atoms with E-state index < -0.39 is 12.0 Å². The van der Waals surface area contributed by atoms with E-state index in [0.717, 1.165) is 17.5 Å². The maximum atomic E-state index is 11.5. The lowest BCUT2D eigenvalue weighted by molar-refractivity contribution is -0.139. The molecule has 0 saturated heterocycles. The van der Waals surface area contributed by atoms with Gasteiger partial charge in [-0.2, -0.15) is 0 Å². The number of hydrogen-bond donors (Lipinski definition) is 2. The zero-order chi connectivity index (χ0) is 14.4. The number of carboxylic acid groups (broad SMARTS) is 1. The van der Waals surface area contributed by atoms with Crippen molar-refractivity contribution in [3.63, 3.8) is 0 Å². The number of rotatable bonds is 6. The molecule has 104 valence electrons. The van der Waals surface area contributed by atoms with Crippen molar-refractivity contribution in [2.24, 2.45) is 0 Å². The molecule has 0 aliphatic heterocycles. The molecule has 0 saturated carbocycles. The normalized spacial score (nSPS) is 13.7. The van der Waals surface area contributed by atoms with Gasteiger partial charge in [-0.1, -0.05) is 67.6 Å². The lowest BCUT2D eigenvalue weighted by atomic mass is 10.0. The summed E-state index contributed by atoms with van der Waals surface area (Å²) in [6.45, 7) is 2.05. The van der Waals surface area contributed by atoms with Gasteiger partial charge in [0.15, 0.2) is 0 Å². The molecule has 2 rings (SSSR count). The molecule has 2 N–H and O–H groups in total. The summed E-state index contributed by atoms with van der Waals surface area (Å²) in [4.78, 5) is 11.5. The van der Waals surface area contributed by atoms with Gasteiger partial charge in [-0.15, -0.1) is 0 Å². The summed E-state index contributed by atoms with van der Waals surface area (Å²) in [5.74, 6) is -0.856. The predicted molar refractivity (Wildman–Crippen MR) is 79.4 cm³/mol. The minimum absolute atomic E-state index is 0.0255. The van der Waals surface area contributed by atoms with Crippen LogP contribution >= 0.6 is 0 Å². The van der Waals surface area contributed by atoms with E-state index in [1.165, 1.54) is 0 Å². The van der Waals surface area contributed by atoms with Gasteiger partial charge in [0.05, 0.1) is 0 Å². The summed E-state index contributed by atoms with van der Waals surface area (Å²) >= 11 is 0. The molecule has 3 nitrogen and oxygen atoms in total. The van der Waals surface area contributed by atoms with E-state index in [0.29, 0.717) is 0 Å². The molecular weight excluding hydrogens is 250 g/mol. The highest BCUT2D eigenvalue weighted by Crippen LogP contribution is 2.22. The Morgan fingerprint density at radius 2 is 1.50 bits per heavy atom. The highest BCUT2D eigenvalue weighted by Gasteiger charge is 2.23. The van der Waals surface area contributed by atoms with Crippen LogP contribution in [-0.2, 0) is 4.79 Å². The Labute approximate surface area is 119 Å². The van der Waals surface area contributed by atoms with E-state index in [1.54, 1.807) is 0 Å². The molecule has 0 aromatic heterocycles. The third-order valence-electron chi connectivity index (χ3n) is 3.36. The van der Waals surface area contributed by atoms with Crippen LogP contribution in [0.15, 0.2) is 60.7 Å². The highest BCUT2D eigenvalue weighted by molar-refractivity contribution is 5.75. The van der Waals surface area contributed by atoms with Crippen molar-refractivity contribution in [2.45, 2.75) is 25.4 Å². The van der Waals surface area contributed by atoms with Crippen molar-refractivity contribution < 1.29 is 9.90 Å². The number of aliphatic carboxylic acids is 1. The van der Waals surface area contributed by atoms with Crippen molar-refractivity contribution in [1.82, 2.24) is 5.32 Å². The van der Waals surface area contributed by atoms with Gasteiger partial charge in [0.1, 0.15) is 6.04 Å². The lowest BCUT2D eigenvalue weighted by Gasteiger charge is -2.23. The molecule has 0 spiro atoms. The molecule has 2 atom stereocenters. The third-order valence-corrected chi connectivity index (χ3v) is 3.36. The molecule has 0 aliphatic rings. The minimum Gasteiger partial charge on any atom is -0.480 e. The Morgan fingerprint density at radius 1 is 1.00 bits per heavy atom. The van der Waals surface area contributed by atoms with Gasteiger partial charge in [0.25, 0.3) is 0 Å². The average molecular weight is 269 g/mol. The van der Waals surface area contributed by atoms with E-state index in [-0.39, 0.29) is 6.04 Å². The Hall–Kier alpha value is -2.13. The van der Waals surface area contributed by atoms with Crippen LogP contribution in [-0.4, -0.2) is 11.1 Å². The summed E-state index contributed by atoms with van der Waals surface area (Å²) in [6, 6.07) is 18.5. The number of nitrogens with one attached hydrogen (secondary N) is 1.